The number of rotatable bonds is 3. The van der Waals surface area contributed by atoms with E-state index in [-0.39, 0.29) is 24.6 Å². The highest BCUT2D eigenvalue weighted by Crippen LogP contribution is 2.15. The van der Waals surface area contributed by atoms with Gasteiger partial charge in [-0.2, -0.15) is 5.10 Å². The van der Waals surface area contributed by atoms with Gasteiger partial charge in [-0.1, -0.05) is 42.5 Å². The molecule has 146 valence electrons. The van der Waals surface area contributed by atoms with Crippen LogP contribution in [0.1, 0.15) is 41.4 Å². The Labute approximate surface area is 162 Å². The summed E-state index contributed by atoms with van der Waals surface area (Å²) in [6.07, 6.45) is 6.20. The summed E-state index contributed by atoms with van der Waals surface area (Å²) < 4.78 is 5.43. The molecule has 0 unspecified atom stereocenters. The van der Waals surface area contributed by atoms with Crippen molar-refractivity contribution in [3.05, 3.63) is 66.0 Å². The first-order chi connectivity index (χ1) is 13.6. The zero-order chi connectivity index (χ0) is 19.8. The largest absolute Gasteiger partial charge is 0.462 e. The van der Waals surface area contributed by atoms with Crippen molar-refractivity contribution in [2.75, 3.05) is 6.61 Å². The lowest BCUT2D eigenvalue weighted by molar-refractivity contribution is -0.147. The van der Waals surface area contributed by atoms with Gasteiger partial charge in [0, 0.05) is 12.6 Å². The SMILES string of the molecule is O=C1CC/C=C\C[C@@H](NC(=O)c2ccn[nH]2)C(=O)OC[C@@H](c2ccccc2)N1. The summed E-state index contributed by atoms with van der Waals surface area (Å²) in [5.74, 6) is -1.11. The molecule has 2 aromatic rings. The van der Waals surface area contributed by atoms with Crippen LogP contribution in [0.25, 0.3) is 0 Å². The molecule has 1 aromatic heterocycles. The number of ether oxygens (including phenoxy) is 1. The molecule has 0 aliphatic carbocycles. The van der Waals surface area contributed by atoms with E-state index in [1.807, 2.05) is 36.4 Å². The molecule has 0 spiro atoms. The van der Waals surface area contributed by atoms with Gasteiger partial charge in [-0.15, -0.1) is 0 Å². The molecule has 0 bridgehead atoms. The lowest BCUT2D eigenvalue weighted by atomic mass is 10.1. The van der Waals surface area contributed by atoms with E-state index in [0.29, 0.717) is 12.8 Å². The maximum absolute atomic E-state index is 12.6. The summed E-state index contributed by atoms with van der Waals surface area (Å²) in [6, 6.07) is 9.55. The van der Waals surface area contributed by atoms with Gasteiger partial charge in [-0.05, 0) is 24.5 Å². The van der Waals surface area contributed by atoms with Crippen LogP contribution in [0.2, 0.25) is 0 Å². The standard InChI is InChI=1S/C20H22N4O4/c25-18-10-6-2-5-9-16(23-19(26)15-11-12-21-24-15)20(27)28-13-17(22-18)14-7-3-1-4-8-14/h1-5,7-8,11-12,16-17H,6,9-10,13H2,(H,21,24)(H,22,25)(H,23,26)/b5-2-/t16-,17+/m1/s1. The molecule has 2 atom stereocenters. The smallest absolute Gasteiger partial charge is 0.329 e. The van der Waals surface area contributed by atoms with Crippen LogP contribution in [0.4, 0.5) is 0 Å². The fraction of sp³-hybridized carbons (Fsp3) is 0.300. The van der Waals surface area contributed by atoms with Crippen molar-refractivity contribution in [2.45, 2.75) is 31.3 Å². The van der Waals surface area contributed by atoms with Crippen LogP contribution >= 0.6 is 0 Å². The molecule has 1 aliphatic heterocycles. The average Bonchev–Trinajstić information content (AvgIpc) is 3.24. The van der Waals surface area contributed by atoms with Gasteiger partial charge in [-0.25, -0.2) is 4.79 Å². The van der Waals surface area contributed by atoms with Crippen LogP contribution < -0.4 is 10.6 Å². The predicted molar refractivity (Wildman–Crippen MR) is 101 cm³/mol. The summed E-state index contributed by atoms with van der Waals surface area (Å²) in [4.78, 5) is 37.0. The number of H-pyrrole nitrogens is 1. The topological polar surface area (TPSA) is 113 Å². The molecule has 1 aliphatic rings. The minimum atomic E-state index is -0.835. The van der Waals surface area contributed by atoms with Crippen LogP contribution in [-0.4, -0.2) is 40.6 Å². The van der Waals surface area contributed by atoms with E-state index in [2.05, 4.69) is 20.8 Å². The second-order valence-electron chi connectivity index (χ2n) is 6.40. The maximum Gasteiger partial charge on any atom is 0.329 e. The van der Waals surface area contributed by atoms with Gasteiger partial charge in [0.15, 0.2) is 0 Å². The van der Waals surface area contributed by atoms with E-state index >= 15 is 0 Å². The first-order valence-electron chi connectivity index (χ1n) is 9.09. The van der Waals surface area contributed by atoms with E-state index < -0.39 is 24.0 Å². The first kappa shape index (κ1) is 19.3. The number of aromatic nitrogens is 2. The number of aromatic amines is 1. The number of nitrogens with zero attached hydrogens (tertiary/aromatic N) is 1. The number of allylic oxidation sites excluding steroid dienone is 1. The van der Waals surface area contributed by atoms with Gasteiger partial charge in [0.05, 0.1) is 6.04 Å². The van der Waals surface area contributed by atoms with Gasteiger partial charge in [-0.3, -0.25) is 14.7 Å². The maximum atomic E-state index is 12.6. The Morgan fingerprint density at radius 2 is 1.96 bits per heavy atom. The van der Waals surface area contributed by atoms with E-state index in [4.69, 9.17) is 4.74 Å². The number of amides is 2. The fourth-order valence-electron chi connectivity index (χ4n) is 2.84. The van der Waals surface area contributed by atoms with E-state index in [9.17, 15) is 14.4 Å². The van der Waals surface area contributed by atoms with Crippen LogP contribution in [0.3, 0.4) is 0 Å². The fourth-order valence-corrected chi connectivity index (χ4v) is 2.84. The molecule has 0 radical (unpaired) electrons. The second-order valence-corrected chi connectivity index (χ2v) is 6.40. The zero-order valence-corrected chi connectivity index (χ0v) is 15.3. The molecular weight excluding hydrogens is 360 g/mol. The number of hydrogen-bond acceptors (Lipinski definition) is 5. The first-order valence-corrected chi connectivity index (χ1v) is 9.09. The molecule has 1 aromatic carbocycles. The Morgan fingerprint density at radius 1 is 1.14 bits per heavy atom. The highest BCUT2D eigenvalue weighted by Gasteiger charge is 2.25. The monoisotopic (exact) mass is 382 g/mol. The van der Waals surface area contributed by atoms with Crippen molar-refractivity contribution in [2.24, 2.45) is 0 Å². The number of nitrogens with one attached hydrogen (secondary N) is 3. The quantitative estimate of drug-likeness (QED) is 0.552. The Morgan fingerprint density at radius 3 is 2.71 bits per heavy atom. The zero-order valence-electron chi connectivity index (χ0n) is 15.3. The molecule has 3 rings (SSSR count). The number of benzene rings is 1. The number of hydrogen-bond donors (Lipinski definition) is 3. The third-order valence-corrected chi connectivity index (χ3v) is 4.34. The van der Waals surface area contributed by atoms with Crippen LogP contribution in [0.15, 0.2) is 54.7 Å². The highest BCUT2D eigenvalue weighted by atomic mass is 16.5. The summed E-state index contributed by atoms with van der Waals surface area (Å²) in [5.41, 5.74) is 1.10. The molecule has 0 saturated carbocycles. The minimum Gasteiger partial charge on any atom is -0.462 e. The number of carbonyl (C=O) groups is 3. The van der Waals surface area contributed by atoms with E-state index in [0.717, 1.165) is 5.56 Å². The van der Waals surface area contributed by atoms with Crippen molar-refractivity contribution in [3.8, 4) is 0 Å². The third kappa shape index (κ3) is 5.29. The third-order valence-electron chi connectivity index (χ3n) is 4.34. The highest BCUT2D eigenvalue weighted by molar-refractivity contribution is 5.95. The number of carbonyl (C=O) groups excluding carboxylic acids is 3. The minimum absolute atomic E-state index is 0.0191. The lowest BCUT2D eigenvalue weighted by Gasteiger charge is -2.22. The summed E-state index contributed by atoms with van der Waals surface area (Å²) in [5, 5.41) is 11.9. The Kier molecular flexibility index (Phi) is 6.56. The van der Waals surface area contributed by atoms with Gasteiger partial charge in [0.2, 0.25) is 5.91 Å². The second kappa shape index (κ2) is 9.50. The molecule has 3 N–H and O–H groups in total. The van der Waals surface area contributed by atoms with Crippen LogP contribution in [0.5, 0.6) is 0 Å². The van der Waals surface area contributed by atoms with Gasteiger partial charge in [0.25, 0.3) is 5.91 Å². The van der Waals surface area contributed by atoms with Crippen molar-refractivity contribution in [1.82, 2.24) is 20.8 Å². The van der Waals surface area contributed by atoms with Crippen molar-refractivity contribution in [3.63, 3.8) is 0 Å². The molecule has 2 heterocycles. The van der Waals surface area contributed by atoms with Crippen molar-refractivity contribution in [1.29, 1.82) is 0 Å². The molecule has 0 saturated heterocycles. The van der Waals surface area contributed by atoms with Crippen molar-refractivity contribution >= 4 is 17.8 Å². The molecule has 8 heteroatoms. The molecule has 8 nitrogen and oxygen atoms in total. The molecule has 0 fully saturated rings. The molecule has 28 heavy (non-hydrogen) atoms. The molecular formula is C20H22N4O4. The van der Waals surface area contributed by atoms with E-state index in [1.165, 1.54) is 12.3 Å². The molecule has 2 amide bonds. The number of esters is 1. The lowest BCUT2D eigenvalue weighted by Crippen LogP contribution is -2.43. The van der Waals surface area contributed by atoms with Gasteiger partial charge < -0.3 is 15.4 Å². The van der Waals surface area contributed by atoms with Crippen LogP contribution in [-0.2, 0) is 14.3 Å². The van der Waals surface area contributed by atoms with Crippen molar-refractivity contribution < 1.29 is 19.1 Å². The predicted octanol–water partition coefficient (Wildman–Crippen LogP) is 1.65. The Balaban J connectivity index is 1.73. The normalized spacial score (nSPS) is 22.1. The van der Waals surface area contributed by atoms with Gasteiger partial charge >= 0.3 is 5.97 Å². The van der Waals surface area contributed by atoms with Crippen LogP contribution in [0, 0.1) is 0 Å². The summed E-state index contributed by atoms with van der Waals surface area (Å²) in [6.45, 7) is -0.0191. The van der Waals surface area contributed by atoms with Gasteiger partial charge in [0.1, 0.15) is 18.3 Å². The summed E-state index contributed by atoms with van der Waals surface area (Å²) in [7, 11) is 0. The average molecular weight is 382 g/mol. The Bertz CT molecular complexity index is 833. The van der Waals surface area contributed by atoms with E-state index in [1.54, 1.807) is 6.08 Å². The Hall–Kier alpha value is -3.42. The summed E-state index contributed by atoms with van der Waals surface area (Å²) >= 11 is 0. The number of cyclic esters (lactones) is 1.